The van der Waals surface area contributed by atoms with Crippen LogP contribution in [0.25, 0.3) is 0 Å². The fourth-order valence-electron chi connectivity index (χ4n) is 0.896. The molecule has 0 saturated heterocycles. The Balaban J connectivity index is 2.71. The van der Waals surface area contributed by atoms with Gasteiger partial charge in [0.15, 0.2) is 6.54 Å². The third kappa shape index (κ3) is 2.26. The molecule has 8 nitrogen and oxygen atoms in total. The predicted molar refractivity (Wildman–Crippen MR) is 44.1 cm³/mol. The average Bonchev–Trinajstić information content (AvgIpc) is 2.52. The highest BCUT2D eigenvalue weighted by atomic mass is 16.6. The van der Waals surface area contributed by atoms with Gasteiger partial charge in [-0.2, -0.15) is 0 Å². The van der Waals surface area contributed by atoms with Gasteiger partial charge in [0, 0.05) is 0 Å². The van der Waals surface area contributed by atoms with Crippen molar-refractivity contribution in [2.45, 2.75) is 6.54 Å². The highest BCUT2D eigenvalue weighted by Gasteiger charge is 2.16. The fourth-order valence-corrected chi connectivity index (χ4v) is 0.896. The lowest BCUT2D eigenvalue weighted by Crippen LogP contribution is -2.28. The van der Waals surface area contributed by atoms with Crippen LogP contribution >= 0.6 is 0 Å². The van der Waals surface area contributed by atoms with E-state index < -0.39 is 23.5 Å². The van der Waals surface area contributed by atoms with Crippen LogP contribution in [0.4, 0.5) is 5.95 Å². The molecule has 1 aromatic heterocycles. The van der Waals surface area contributed by atoms with Gasteiger partial charge in [0.2, 0.25) is 0 Å². The Hall–Kier alpha value is -1.96. The molecule has 0 aliphatic heterocycles. The summed E-state index contributed by atoms with van der Waals surface area (Å²) in [4.78, 5) is 24.1. The second kappa shape index (κ2) is 4.33. The molecule has 0 aromatic carbocycles. The molecule has 0 unspecified atom stereocenters. The van der Waals surface area contributed by atoms with Crippen molar-refractivity contribution in [1.82, 2.24) is 14.9 Å². The van der Waals surface area contributed by atoms with Crippen LogP contribution in [-0.4, -0.2) is 32.2 Å². The van der Waals surface area contributed by atoms with Crippen LogP contribution in [0.3, 0.4) is 0 Å². The molecule has 0 spiro atoms. The van der Waals surface area contributed by atoms with Crippen molar-refractivity contribution in [2.75, 3.05) is 6.73 Å². The molecule has 14 heavy (non-hydrogen) atoms. The number of amides is 1. The second-order valence-corrected chi connectivity index (χ2v) is 2.37. The van der Waals surface area contributed by atoms with Crippen LogP contribution in [0.15, 0.2) is 12.4 Å². The maximum atomic E-state index is 10.9. The highest BCUT2D eigenvalue weighted by Crippen LogP contribution is 2.06. The van der Waals surface area contributed by atoms with E-state index in [1.807, 2.05) is 0 Å². The Kier molecular flexibility index (Phi) is 3.13. The zero-order valence-corrected chi connectivity index (χ0v) is 7.08. The van der Waals surface area contributed by atoms with Gasteiger partial charge >= 0.3 is 5.95 Å². The summed E-state index contributed by atoms with van der Waals surface area (Å²) in [5.74, 6) is -0.924. The van der Waals surface area contributed by atoms with Crippen molar-refractivity contribution >= 4 is 11.9 Å². The van der Waals surface area contributed by atoms with Gasteiger partial charge in [0.05, 0.1) is 0 Å². The van der Waals surface area contributed by atoms with Crippen molar-refractivity contribution < 1.29 is 14.8 Å². The Labute approximate surface area is 78.3 Å². The molecule has 1 aromatic rings. The number of imidazole rings is 1. The maximum absolute atomic E-state index is 10.9. The minimum absolute atomic E-state index is 0.239. The van der Waals surface area contributed by atoms with Crippen molar-refractivity contribution in [2.24, 2.45) is 0 Å². The molecule has 0 fully saturated rings. The van der Waals surface area contributed by atoms with E-state index in [2.05, 4.69) is 10.3 Å². The van der Waals surface area contributed by atoms with Gasteiger partial charge in [-0.25, -0.2) is 4.57 Å². The molecule has 1 rings (SSSR count). The monoisotopic (exact) mass is 200 g/mol. The number of aromatic nitrogens is 2. The van der Waals surface area contributed by atoms with Crippen molar-refractivity contribution in [3.8, 4) is 0 Å². The standard InChI is InChI=1S/C6H8N4O4/c11-4-8-5(12)3-9-2-1-7-6(9)10(13)14/h1-2,11H,3-4H2,(H,8,12). The number of hydrogen-bond acceptors (Lipinski definition) is 5. The number of hydrogen-bond donors (Lipinski definition) is 2. The number of nitrogens with one attached hydrogen (secondary N) is 1. The number of rotatable bonds is 4. The van der Waals surface area contributed by atoms with Gasteiger partial charge in [-0.15, -0.1) is 0 Å². The lowest BCUT2D eigenvalue weighted by Gasteiger charge is -2.01. The van der Waals surface area contributed by atoms with E-state index in [-0.39, 0.29) is 6.54 Å². The van der Waals surface area contributed by atoms with Gasteiger partial charge in [0.25, 0.3) is 5.91 Å². The fraction of sp³-hybridized carbons (Fsp3) is 0.333. The smallest absolute Gasteiger partial charge is 0.390 e. The average molecular weight is 200 g/mol. The van der Waals surface area contributed by atoms with Crippen LogP contribution in [0.1, 0.15) is 0 Å². The van der Waals surface area contributed by atoms with E-state index in [0.717, 1.165) is 4.57 Å². The molecule has 2 N–H and O–H groups in total. The largest absolute Gasteiger partial charge is 0.435 e. The normalized spacial score (nSPS) is 9.79. The molecule has 76 valence electrons. The topological polar surface area (TPSA) is 110 Å². The van der Waals surface area contributed by atoms with E-state index >= 15 is 0 Å². The first-order chi connectivity index (χ1) is 6.65. The zero-order valence-electron chi connectivity index (χ0n) is 7.08. The summed E-state index contributed by atoms with van der Waals surface area (Å²) in [5, 5.41) is 20.8. The van der Waals surface area contributed by atoms with Crippen LogP contribution in [0, 0.1) is 10.1 Å². The molecule has 0 aliphatic rings. The Morgan fingerprint density at radius 2 is 2.50 bits per heavy atom. The summed E-state index contributed by atoms with van der Waals surface area (Å²) in [5.41, 5.74) is 0. The lowest BCUT2D eigenvalue weighted by atomic mass is 10.6. The van der Waals surface area contributed by atoms with Gasteiger partial charge in [-0.3, -0.25) is 4.79 Å². The molecule has 1 amide bonds. The molecule has 0 aliphatic carbocycles. The quantitative estimate of drug-likeness (QED) is 0.362. The summed E-state index contributed by atoms with van der Waals surface area (Å²) in [6, 6.07) is 0. The van der Waals surface area contributed by atoms with Crippen LogP contribution < -0.4 is 5.32 Å². The molecule has 8 heteroatoms. The molecule has 0 bridgehead atoms. The molecule has 1 heterocycles. The Bertz CT molecular complexity index is 347. The first-order valence-electron chi connectivity index (χ1n) is 3.68. The number of carbonyl (C=O) groups is 1. The van der Waals surface area contributed by atoms with E-state index in [1.54, 1.807) is 0 Å². The van der Waals surface area contributed by atoms with Gasteiger partial charge in [0.1, 0.15) is 19.1 Å². The molecule has 0 radical (unpaired) electrons. The van der Waals surface area contributed by atoms with Crippen molar-refractivity contribution in [3.05, 3.63) is 22.5 Å². The third-order valence-electron chi connectivity index (χ3n) is 1.45. The van der Waals surface area contributed by atoms with E-state index in [1.165, 1.54) is 12.4 Å². The molecular weight excluding hydrogens is 192 g/mol. The van der Waals surface area contributed by atoms with Crippen LogP contribution in [0.5, 0.6) is 0 Å². The van der Waals surface area contributed by atoms with E-state index in [9.17, 15) is 14.9 Å². The second-order valence-electron chi connectivity index (χ2n) is 2.37. The summed E-state index contributed by atoms with van der Waals surface area (Å²) in [6.07, 6.45) is 2.54. The summed E-state index contributed by atoms with van der Waals surface area (Å²) >= 11 is 0. The molecular formula is C6H8N4O4. The van der Waals surface area contributed by atoms with Gasteiger partial charge in [-0.05, 0) is 4.92 Å². The SMILES string of the molecule is O=C(Cn1ccnc1[N+](=O)[O-])NCO. The minimum Gasteiger partial charge on any atom is -0.390 e. The molecule has 0 saturated carbocycles. The number of aliphatic hydroxyl groups is 1. The van der Waals surface area contributed by atoms with E-state index in [0.29, 0.717) is 0 Å². The van der Waals surface area contributed by atoms with Crippen molar-refractivity contribution in [1.29, 1.82) is 0 Å². The number of aliphatic hydroxyl groups excluding tert-OH is 1. The number of nitrogens with zero attached hydrogens (tertiary/aromatic N) is 3. The van der Waals surface area contributed by atoms with E-state index in [4.69, 9.17) is 5.11 Å². The third-order valence-corrected chi connectivity index (χ3v) is 1.45. The minimum atomic E-state index is -0.688. The first-order valence-corrected chi connectivity index (χ1v) is 3.68. The molecule has 0 atom stereocenters. The Morgan fingerprint density at radius 3 is 3.07 bits per heavy atom. The van der Waals surface area contributed by atoms with Gasteiger partial charge in [-0.1, -0.05) is 4.98 Å². The highest BCUT2D eigenvalue weighted by molar-refractivity contribution is 5.75. The summed E-state index contributed by atoms with van der Waals surface area (Å²) in [6.45, 7) is -0.738. The predicted octanol–water partition coefficient (Wildman–Crippen LogP) is -1.14. The summed E-state index contributed by atoms with van der Waals surface area (Å²) in [7, 11) is 0. The first kappa shape index (κ1) is 10.1. The summed E-state index contributed by atoms with van der Waals surface area (Å²) < 4.78 is 1.07. The lowest BCUT2D eigenvalue weighted by molar-refractivity contribution is -0.396. The van der Waals surface area contributed by atoms with Crippen LogP contribution in [0.2, 0.25) is 0 Å². The zero-order chi connectivity index (χ0) is 10.6. The number of nitro groups is 1. The van der Waals surface area contributed by atoms with Gasteiger partial charge < -0.3 is 20.5 Å². The Morgan fingerprint density at radius 1 is 1.79 bits per heavy atom. The van der Waals surface area contributed by atoms with Crippen molar-refractivity contribution in [3.63, 3.8) is 0 Å². The number of carbonyl (C=O) groups excluding carboxylic acids is 1. The maximum Gasteiger partial charge on any atom is 0.435 e. The van der Waals surface area contributed by atoms with Crippen LogP contribution in [-0.2, 0) is 11.3 Å².